The molecule has 0 aromatic carbocycles. The summed E-state index contributed by atoms with van der Waals surface area (Å²) in [5.74, 6) is 0.442. The second-order valence-electron chi connectivity index (χ2n) is 2.46. The third kappa shape index (κ3) is 2.60. The molecule has 0 fully saturated rings. The van der Waals surface area contributed by atoms with Gasteiger partial charge in [-0.15, -0.1) is 11.8 Å². The fourth-order valence-electron chi connectivity index (χ4n) is 0.876. The van der Waals surface area contributed by atoms with E-state index in [4.69, 9.17) is 27.9 Å². The van der Waals surface area contributed by atoms with E-state index < -0.39 is 0 Å². The van der Waals surface area contributed by atoms with E-state index in [1.54, 1.807) is 12.3 Å². The number of pyridine rings is 1. The number of amidine groups is 1. The molecule has 1 aromatic heterocycles. The number of aliphatic hydroxyl groups is 1. The Morgan fingerprint density at radius 1 is 1.71 bits per heavy atom. The first-order valence-corrected chi connectivity index (χ1v) is 5.25. The van der Waals surface area contributed by atoms with Crippen LogP contribution in [0.1, 0.15) is 5.56 Å². The van der Waals surface area contributed by atoms with E-state index in [0.29, 0.717) is 21.4 Å². The molecule has 4 N–H and O–H groups in total. The van der Waals surface area contributed by atoms with Crippen LogP contribution in [-0.2, 0) is 0 Å². The van der Waals surface area contributed by atoms with Crippen molar-refractivity contribution in [3.63, 3.8) is 0 Å². The molecule has 0 aliphatic heterocycles. The van der Waals surface area contributed by atoms with Crippen LogP contribution in [0.25, 0.3) is 0 Å². The van der Waals surface area contributed by atoms with Gasteiger partial charge in [-0.3, -0.25) is 5.41 Å². The Kier molecular flexibility index (Phi) is 4.19. The Balaban J connectivity index is 2.95. The van der Waals surface area contributed by atoms with Crippen LogP contribution in [0.3, 0.4) is 0 Å². The molecule has 14 heavy (non-hydrogen) atoms. The number of aliphatic hydroxyl groups excluding tert-OH is 1. The summed E-state index contributed by atoms with van der Waals surface area (Å²) in [6.45, 7) is 0.0625. The quantitative estimate of drug-likeness (QED) is 0.412. The van der Waals surface area contributed by atoms with E-state index in [0.717, 1.165) is 0 Å². The van der Waals surface area contributed by atoms with Crippen molar-refractivity contribution in [2.24, 2.45) is 5.73 Å². The molecule has 1 rings (SSSR count). The summed E-state index contributed by atoms with van der Waals surface area (Å²) in [5, 5.41) is 16.9. The molecule has 1 heterocycles. The van der Waals surface area contributed by atoms with Crippen LogP contribution >= 0.6 is 23.4 Å². The summed E-state index contributed by atoms with van der Waals surface area (Å²) in [6.07, 6.45) is 1.54. The normalized spacial score (nSPS) is 10.1. The Labute approximate surface area is 91.0 Å². The van der Waals surface area contributed by atoms with Gasteiger partial charge in [-0.2, -0.15) is 0 Å². The summed E-state index contributed by atoms with van der Waals surface area (Å²) in [5.41, 5.74) is 5.80. The molecule has 0 saturated carbocycles. The van der Waals surface area contributed by atoms with E-state index in [1.165, 1.54) is 11.8 Å². The van der Waals surface area contributed by atoms with Gasteiger partial charge in [0.2, 0.25) is 0 Å². The van der Waals surface area contributed by atoms with Crippen molar-refractivity contribution < 1.29 is 5.11 Å². The lowest BCUT2D eigenvalue weighted by Gasteiger charge is -2.05. The minimum absolute atomic E-state index is 0.0625. The number of nitrogens with one attached hydrogen (secondary N) is 1. The Bertz CT molecular complexity index is 345. The van der Waals surface area contributed by atoms with Gasteiger partial charge in [-0.05, 0) is 6.07 Å². The number of aromatic nitrogens is 1. The van der Waals surface area contributed by atoms with Gasteiger partial charge in [-0.1, -0.05) is 11.6 Å². The van der Waals surface area contributed by atoms with Crippen LogP contribution in [0.15, 0.2) is 17.3 Å². The van der Waals surface area contributed by atoms with E-state index in [2.05, 4.69) is 4.98 Å². The topological polar surface area (TPSA) is 83.0 Å². The van der Waals surface area contributed by atoms with Gasteiger partial charge in [0.15, 0.2) is 0 Å². The maximum Gasteiger partial charge on any atom is 0.124 e. The first kappa shape index (κ1) is 11.3. The third-order valence-electron chi connectivity index (χ3n) is 1.48. The predicted molar refractivity (Wildman–Crippen MR) is 58.1 cm³/mol. The SMILES string of the molecule is N=C(N)c1ccnc(SCCO)c1Cl. The molecule has 0 bridgehead atoms. The number of hydrogen-bond donors (Lipinski definition) is 3. The molecule has 0 spiro atoms. The molecule has 0 radical (unpaired) electrons. The molecular weight excluding hydrogens is 222 g/mol. The van der Waals surface area contributed by atoms with Crippen LogP contribution in [0.2, 0.25) is 5.02 Å². The van der Waals surface area contributed by atoms with Crippen molar-refractivity contribution in [3.05, 3.63) is 22.8 Å². The van der Waals surface area contributed by atoms with Crippen molar-refractivity contribution >= 4 is 29.2 Å². The molecule has 76 valence electrons. The number of thioether (sulfide) groups is 1. The third-order valence-corrected chi connectivity index (χ3v) is 2.94. The standard InChI is InChI=1S/C8H10ClN3OS/c9-6-5(7(10)11)1-2-12-8(6)14-4-3-13/h1-2,13H,3-4H2,(H3,10,11). The minimum Gasteiger partial charge on any atom is -0.396 e. The van der Waals surface area contributed by atoms with Gasteiger partial charge in [-0.25, -0.2) is 4.98 Å². The molecule has 0 aliphatic carbocycles. The molecule has 6 heteroatoms. The molecule has 0 saturated heterocycles. The van der Waals surface area contributed by atoms with Crippen molar-refractivity contribution in [1.29, 1.82) is 5.41 Å². The zero-order valence-corrected chi connectivity index (χ0v) is 8.90. The fourth-order valence-corrected chi connectivity index (χ4v) is 1.91. The van der Waals surface area contributed by atoms with Gasteiger partial charge in [0.05, 0.1) is 11.6 Å². The zero-order valence-electron chi connectivity index (χ0n) is 7.33. The molecule has 0 aliphatic rings. The van der Waals surface area contributed by atoms with Gasteiger partial charge >= 0.3 is 0 Å². The highest BCUT2D eigenvalue weighted by Crippen LogP contribution is 2.27. The Hall–Kier alpha value is -0.780. The number of nitrogen functional groups attached to an aromatic ring is 1. The highest BCUT2D eigenvalue weighted by molar-refractivity contribution is 7.99. The maximum absolute atomic E-state index is 8.64. The number of halogens is 1. The average molecular weight is 232 g/mol. The van der Waals surface area contributed by atoms with Crippen LogP contribution in [0.4, 0.5) is 0 Å². The molecule has 0 unspecified atom stereocenters. The van der Waals surface area contributed by atoms with Gasteiger partial charge in [0.1, 0.15) is 10.9 Å². The van der Waals surface area contributed by atoms with Crippen molar-refractivity contribution in [3.8, 4) is 0 Å². The maximum atomic E-state index is 8.64. The largest absolute Gasteiger partial charge is 0.396 e. The smallest absolute Gasteiger partial charge is 0.124 e. The highest BCUT2D eigenvalue weighted by Gasteiger charge is 2.09. The fraction of sp³-hybridized carbons (Fsp3) is 0.250. The molecular formula is C8H10ClN3OS. The summed E-state index contributed by atoms with van der Waals surface area (Å²) in [6, 6.07) is 1.59. The lowest BCUT2D eigenvalue weighted by atomic mass is 10.2. The van der Waals surface area contributed by atoms with E-state index >= 15 is 0 Å². The lowest BCUT2D eigenvalue weighted by molar-refractivity contribution is 0.322. The van der Waals surface area contributed by atoms with Crippen LogP contribution in [-0.4, -0.2) is 28.3 Å². The monoisotopic (exact) mass is 231 g/mol. The van der Waals surface area contributed by atoms with E-state index in [9.17, 15) is 0 Å². The van der Waals surface area contributed by atoms with Crippen LogP contribution in [0, 0.1) is 5.41 Å². The Morgan fingerprint density at radius 2 is 2.43 bits per heavy atom. The van der Waals surface area contributed by atoms with E-state index in [-0.39, 0.29) is 12.4 Å². The molecule has 0 amide bonds. The first-order valence-electron chi connectivity index (χ1n) is 3.89. The van der Waals surface area contributed by atoms with Crippen LogP contribution < -0.4 is 5.73 Å². The summed E-state index contributed by atoms with van der Waals surface area (Å²) in [4.78, 5) is 4.03. The van der Waals surface area contributed by atoms with Gasteiger partial charge in [0, 0.05) is 17.5 Å². The minimum atomic E-state index is -0.0803. The van der Waals surface area contributed by atoms with Gasteiger partial charge < -0.3 is 10.8 Å². The molecule has 1 aromatic rings. The molecule has 4 nitrogen and oxygen atoms in total. The highest BCUT2D eigenvalue weighted by atomic mass is 35.5. The second kappa shape index (κ2) is 5.19. The summed E-state index contributed by atoms with van der Waals surface area (Å²) >= 11 is 7.29. The number of hydrogen-bond acceptors (Lipinski definition) is 4. The second-order valence-corrected chi connectivity index (χ2v) is 3.92. The lowest BCUT2D eigenvalue weighted by Crippen LogP contribution is -2.12. The first-order chi connectivity index (χ1) is 6.66. The Morgan fingerprint density at radius 3 is 3.00 bits per heavy atom. The molecule has 0 atom stereocenters. The predicted octanol–water partition coefficient (Wildman–Crippen LogP) is 1.10. The number of nitrogens with zero attached hydrogens (tertiary/aromatic N) is 1. The summed E-state index contributed by atoms with van der Waals surface area (Å²) in [7, 11) is 0. The number of nitrogens with two attached hydrogens (primary N) is 1. The van der Waals surface area contributed by atoms with Gasteiger partial charge in [0.25, 0.3) is 0 Å². The van der Waals surface area contributed by atoms with Crippen molar-refractivity contribution in [2.45, 2.75) is 5.03 Å². The average Bonchev–Trinajstić information content (AvgIpc) is 2.16. The zero-order chi connectivity index (χ0) is 10.6. The number of rotatable bonds is 4. The van der Waals surface area contributed by atoms with Crippen LogP contribution in [0.5, 0.6) is 0 Å². The van der Waals surface area contributed by atoms with Crippen molar-refractivity contribution in [1.82, 2.24) is 4.98 Å². The summed E-state index contributed by atoms with van der Waals surface area (Å²) < 4.78 is 0. The van der Waals surface area contributed by atoms with E-state index in [1.807, 2.05) is 0 Å². The van der Waals surface area contributed by atoms with Crippen molar-refractivity contribution in [2.75, 3.05) is 12.4 Å².